The van der Waals surface area contributed by atoms with Crippen LogP contribution in [0.1, 0.15) is 60.1 Å². The van der Waals surface area contributed by atoms with E-state index in [1.54, 1.807) is 24.2 Å². The maximum Gasteiger partial charge on any atom is 0.251 e. The largest absolute Gasteiger partial charge is 0.493 e. The second kappa shape index (κ2) is 9.20. The van der Waals surface area contributed by atoms with Gasteiger partial charge in [0, 0.05) is 5.56 Å². The Morgan fingerprint density at radius 3 is 2.65 bits per heavy atom. The Hall–Kier alpha value is -3.35. The van der Waals surface area contributed by atoms with Crippen LogP contribution in [0.4, 0.5) is 0 Å². The molecule has 7 heteroatoms. The van der Waals surface area contributed by atoms with Gasteiger partial charge < -0.3 is 14.8 Å². The first-order valence-electron chi connectivity index (χ1n) is 10.7. The van der Waals surface area contributed by atoms with Crippen molar-refractivity contribution in [2.75, 3.05) is 7.11 Å². The normalized spacial score (nSPS) is 14.9. The molecule has 1 aromatic heterocycles. The molecule has 1 aliphatic rings. The van der Waals surface area contributed by atoms with E-state index in [1.165, 1.54) is 19.2 Å². The van der Waals surface area contributed by atoms with Crippen LogP contribution in [0.3, 0.4) is 0 Å². The van der Waals surface area contributed by atoms with E-state index in [1.807, 2.05) is 44.2 Å². The van der Waals surface area contributed by atoms with Crippen molar-refractivity contribution in [3.63, 3.8) is 0 Å². The number of nitrogens with zero attached hydrogens (tertiary/aromatic N) is 3. The van der Waals surface area contributed by atoms with Gasteiger partial charge in [-0.25, -0.2) is 9.67 Å². The molecule has 4 rings (SSSR count). The lowest BCUT2D eigenvalue weighted by Crippen LogP contribution is -2.26. The second-order valence-corrected chi connectivity index (χ2v) is 7.97. The molecule has 1 aliphatic carbocycles. The van der Waals surface area contributed by atoms with Crippen molar-refractivity contribution in [3.05, 3.63) is 65.7 Å². The zero-order valence-electron chi connectivity index (χ0n) is 18.2. The van der Waals surface area contributed by atoms with Crippen LogP contribution in [0.5, 0.6) is 11.5 Å². The molecule has 31 heavy (non-hydrogen) atoms. The minimum absolute atomic E-state index is 0.133. The summed E-state index contributed by atoms with van der Waals surface area (Å²) < 4.78 is 13.3. The highest BCUT2D eigenvalue weighted by Crippen LogP contribution is 2.33. The molecule has 162 valence electrons. The zero-order valence-corrected chi connectivity index (χ0v) is 18.2. The molecule has 1 amide bonds. The molecule has 1 N–H and O–H groups in total. The van der Waals surface area contributed by atoms with Crippen LogP contribution in [0, 0.1) is 6.92 Å². The van der Waals surface area contributed by atoms with Gasteiger partial charge in [-0.15, -0.1) is 0 Å². The number of carbonyl (C=O) groups excluding carboxylic acids is 1. The van der Waals surface area contributed by atoms with Crippen LogP contribution in [-0.4, -0.2) is 33.9 Å². The number of carbonyl (C=O) groups is 1. The van der Waals surface area contributed by atoms with Crippen molar-refractivity contribution >= 4 is 5.91 Å². The number of rotatable bonds is 7. The van der Waals surface area contributed by atoms with Crippen LogP contribution in [0.25, 0.3) is 5.69 Å². The van der Waals surface area contributed by atoms with E-state index in [2.05, 4.69) is 15.4 Å². The number of amides is 1. The molecule has 1 heterocycles. The average Bonchev–Trinajstić information content (AvgIpc) is 3.48. The third kappa shape index (κ3) is 4.71. The highest BCUT2D eigenvalue weighted by atomic mass is 16.5. The Balaban J connectivity index is 1.45. The van der Waals surface area contributed by atoms with Gasteiger partial charge in [0.05, 0.1) is 24.9 Å². The summed E-state index contributed by atoms with van der Waals surface area (Å²) in [4.78, 5) is 16.8. The molecule has 0 spiro atoms. The molecular weight excluding hydrogens is 392 g/mol. The summed E-state index contributed by atoms with van der Waals surface area (Å²) in [7, 11) is 1.64. The molecular formula is C24H28N4O3. The fourth-order valence-corrected chi connectivity index (χ4v) is 3.99. The van der Waals surface area contributed by atoms with E-state index < -0.39 is 0 Å². The average molecular weight is 421 g/mol. The Labute approximate surface area is 182 Å². The predicted molar refractivity (Wildman–Crippen MR) is 118 cm³/mol. The Morgan fingerprint density at radius 2 is 1.97 bits per heavy atom. The molecule has 0 saturated heterocycles. The van der Waals surface area contributed by atoms with Gasteiger partial charge in [-0.3, -0.25) is 4.79 Å². The number of hydrogen-bond acceptors (Lipinski definition) is 5. The lowest BCUT2D eigenvalue weighted by atomic mass is 10.1. The van der Waals surface area contributed by atoms with Crippen molar-refractivity contribution in [2.45, 2.75) is 51.7 Å². The van der Waals surface area contributed by atoms with Crippen LogP contribution >= 0.6 is 0 Å². The summed E-state index contributed by atoms with van der Waals surface area (Å²) >= 11 is 0. The van der Waals surface area contributed by atoms with E-state index in [-0.39, 0.29) is 18.1 Å². The number of benzene rings is 2. The topological polar surface area (TPSA) is 78.3 Å². The van der Waals surface area contributed by atoms with Crippen molar-refractivity contribution in [1.82, 2.24) is 20.1 Å². The fraction of sp³-hybridized carbons (Fsp3) is 0.375. The highest BCUT2D eigenvalue weighted by Gasteiger charge is 2.20. The molecule has 0 unspecified atom stereocenters. The van der Waals surface area contributed by atoms with Crippen molar-refractivity contribution in [3.8, 4) is 17.2 Å². The Morgan fingerprint density at radius 1 is 1.16 bits per heavy atom. The lowest BCUT2D eigenvalue weighted by molar-refractivity contribution is 0.0939. The molecule has 0 radical (unpaired) electrons. The molecule has 3 aromatic rings. The SMILES string of the molecule is COc1cc([C@H](C)NC(=O)c2ccc(-n3cncn3)c(C)c2)ccc1OC1CCCC1. The first-order valence-corrected chi connectivity index (χ1v) is 10.7. The zero-order chi connectivity index (χ0) is 21.8. The van der Waals surface area contributed by atoms with Gasteiger partial charge in [-0.1, -0.05) is 6.07 Å². The highest BCUT2D eigenvalue weighted by molar-refractivity contribution is 5.95. The van der Waals surface area contributed by atoms with Gasteiger partial charge >= 0.3 is 0 Å². The first-order chi connectivity index (χ1) is 15.0. The van der Waals surface area contributed by atoms with Gasteiger partial charge in [0.2, 0.25) is 0 Å². The summed E-state index contributed by atoms with van der Waals surface area (Å²) in [6.07, 6.45) is 8.00. The van der Waals surface area contributed by atoms with Crippen molar-refractivity contribution in [1.29, 1.82) is 0 Å². The first kappa shape index (κ1) is 20.9. The third-order valence-electron chi connectivity index (χ3n) is 5.76. The van der Waals surface area contributed by atoms with Crippen LogP contribution in [0.15, 0.2) is 49.1 Å². The maximum absolute atomic E-state index is 12.8. The monoisotopic (exact) mass is 420 g/mol. The quantitative estimate of drug-likeness (QED) is 0.613. The maximum atomic E-state index is 12.8. The van der Waals surface area contributed by atoms with E-state index in [0.717, 1.165) is 35.4 Å². The summed E-state index contributed by atoms with van der Waals surface area (Å²) in [5.74, 6) is 1.32. The van der Waals surface area contributed by atoms with E-state index in [9.17, 15) is 4.79 Å². The molecule has 7 nitrogen and oxygen atoms in total. The van der Waals surface area contributed by atoms with Crippen LogP contribution < -0.4 is 14.8 Å². The van der Waals surface area contributed by atoms with Gasteiger partial charge in [0.1, 0.15) is 12.7 Å². The third-order valence-corrected chi connectivity index (χ3v) is 5.76. The molecule has 0 bridgehead atoms. The second-order valence-electron chi connectivity index (χ2n) is 7.97. The number of aromatic nitrogens is 3. The molecule has 1 atom stereocenters. The Kier molecular flexibility index (Phi) is 6.21. The molecule has 1 fully saturated rings. The van der Waals surface area contributed by atoms with Crippen molar-refractivity contribution < 1.29 is 14.3 Å². The van der Waals surface area contributed by atoms with Gasteiger partial charge in [-0.05, 0) is 81.0 Å². The van der Waals surface area contributed by atoms with Crippen LogP contribution in [-0.2, 0) is 0 Å². The smallest absolute Gasteiger partial charge is 0.251 e. The summed E-state index contributed by atoms with van der Waals surface area (Å²) in [5.41, 5.74) is 3.40. The summed E-state index contributed by atoms with van der Waals surface area (Å²) in [6, 6.07) is 11.2. The number of ether oxygens (including phenoxy) is 2. The van der Waals surface area contributed by atoms with E-state index in [0.29, 0.717) is 11.3 Å². The van der Waals surface area contributed by atoms with Gasteiger partial charge in [-0.2, -0.15) is 5.10 Å². The van der Waals surface area contributed by atoms with Crippen LogP contribution in [0.2, 0.25) is 0 Å². The summed E-state index contributed by atoms with van der Waals surface area (Å²) in [6.45, 7) is 3.91. The van der Waals surface area contributed by atoms with Gasteiger partial charge in [0.15, 0.2) is 11.5 Å². The molecule has 1 saturated carbocycles. The minimum atomic E-state index is -0.183. The Bertz CT molecular complexity index is 1040. The van der Waals surface area contributed by atoms with Gasteiger partial charge in [0.25, 0.3) is 5.91 Å². The van der Waals surface area contributed by atoms with E-state index >= 15 is 0 Å². The number of hydrogen-bond donors (Lipinski definition) is 1. The lowest BCUT2D eigenvalue weighted by Gasteiger charge is -2.19. The number of nitrogens with one attached hydrogen (secondary N) is 1. The van der Waals surface area contributed by atoms with E-state index in [4.69, 9.17) is 9.47 Å². The molecule has 0 aliphatic heterocycles. The number of methoxy groups -OCH3 is 1. The minimum Gasteiger partial charge on any atom is -0.493 e. The predicted octanol–water partition coefficient (Wildman–Crippen LogP) is 4.40. The molecule has 2 aromatic carbocycles. The van der Waals surface area contributed by atoms with Crippen molar-refractivity contribution in [2.24, 2.45) is 0 Å². The standard InChI is InChI=1S/C24H28N4O3/c1-16-12-19(8-10-21(16)28-15-25-14-26-28)24(29)27-17(2)18-9-11-22(23(13-18)30-3)31-20-6-4-5-7-20/h8-15,17,20H,4-7H2,1-3H3,(H,27,29)/t17-/m0/s1. The summed E-state index contributed by atoms with van der Waals surface area (Å²) in [5, 5.41) is 7.22. The fourth-order valence-electron chi connectivity index (χ4n) is 3.99. The number of aryl methyl sites for hydroxylation is 1.